The van der Waals surface area contributed by atoms with Gasteiger partial charge in [-0.2, -0.15) is 0 Å². The summed E-state index contributed by atoms with van der Waals surface area (Å²) in [5, 5.41) is 4.26. The summed E-state index contributed by atoms with van der Waals surface area (Å²) in [4.78, 5) is 14.1. The van der Waals surface area contributed by atoms with Crippen molar-refractivity contribution in [3.8, 4) is 16.9 Å². The van der Waals surface area contributed by atoms with Gasteiger partial charge < -0.3 is 14.2 Å². The van der Waals surface area contributed by atoms with Crippen molar-refractivity contribution in [2.45, 2.75) is 4.90 Å². The standard InChI is InChI=1S/C25H16ClF2N3O5S/c1-35-23-12-19(15-8-16(26)11-17(27)9-15)20(28)13-22(23)31(24-6-7-36-30-24)37(33,34)18-3-4-21-14(10-18)2-5-25(32)29-21/h2-13H,1H3,(H,29,32). The number of anilines is 2. The molecule has 0 spiro atoms. The second-order valence-corrected chi connectivity index (χ2v) is 10.1. The van der Waals surface area contributed by atoms with E-state index in [9.17, 15) is 17.6 Å². The van der Waals surface area contributed by atoms with Crippen LogP contribution in [-0.4, -0.2) is 25.7 Å². The van der Waals surface area contributed by atoms with Crippen LogP contribution in [-0.2, 0) is 10.0 Å². The molecule has 1 N–H and O–H groups in total. The Morgan fingerprint density at radius 2 is 1.84 bits per heavy atom. The Balaban J connectivity index is 1.71. The molecule has 5 rings (SSSR count). The fourth-order valence-electron chi connectivity index (χ4n) is 3.88. The molecule has 3 aromatic carbocycles. The molecule has 8 nitrogen and oxygen atoms in total. The summed E-state index contributed by atoms with van der Waals surface area (Å²) in [5.41, 5.74) is -0.0454. The molecule has 0 atom stereocenters. The lowest BCUT2D eigenvalue weighted by Gasteiger charge is -2.24. The number of H-pyrrole nitrogens is 1. The second-order valence-electron chi connectivity index (χ2n) is 7.86. The molecule has 0 fully saturated rings. The minimum atomic E-state index is -4.43. The van der Waals surface area contributed by atoms with E-state index in [0.29, 0.717) is 10.9 Å². The fourth-order valence-corrected chi connectivity index (χ4v) is 5.57. The van der Waals surface area contributed by atoms with E-state index in [1.54, 1.807) is 0 Å². The Morgan fingerprint density at radius 1 is 1.03 bits per heavy atom. The molecule has 0 radical (unpaired) electrons. The molecule has 0 saturated heterocycles. The van der Waals surface area contributed by atoms with Gasteiger partial charge in [-0.25, -0.2) is 21.5 Å². The van der Waals surface area contributed by atoms with Crippen LogP contribution in [0.15, 0.2) is 87.2 Å². The predicted octanol–water partition coefficient (Wildman–Crippen LogP) is 5.65. The average Bonchev–Trinajstić information content (AvgIpc) is 3.37. The number of hydrogen-bond donors (Lipinski definition) is 1. The van der Waals surface area contributed by atoms with Crippen molar-refractivity contribution in [2.75, 3.05) is 11.4 Å². The second kappa shape index (κ2) is 9.34. The third kappa shape index (κ3) is 4.54. The van der Waals surface area contributed by atoms with E-state index >= 15 is 4.39 Å². The van der Waals surface area contributed by atoms with Crippen LogP contribution in [0.3, 0.4) is 0 Å². The number of ether oxygens (including phenoxy) is 1. The van der Waals surface area contributed by atoms with Gasteiger partial charge in [-0.05, 0) is 59.5 Å². The van der Waals surface area contributed by atoms with E-state index in [-0.39, 0.29) is 43.9 Å². The largest absolute Gasteiger partial charge is 0.495 e. The lowest BCUT2D eigenvalue weighted by atomic mass is 10.0. The Kier molecular flexibility index (Phi) is 6.18. The number of sulfonamides is 1. The van der Waals surface area contributed by atoms with Gasteiger partial charge in [0, 0.05) is 34.3 Å². The Morgan fingerprint density at radius 3 is 2.54 bits per heavy atom. The first-order chi connectivity index (χ1) is 17.7. The first-order valence-corrected chi connectivity index (χ1v) is 12.4. The van der Waals surface area contributed by atoms with Crippen molar-refractivity contribution < 1.29 is 26.5 Å². The zero-order valence-electron chi connectivity index (χ0n) is 18.9. The Labute approximate surface area is 213 Å². The van der Waals surface area contributed by atoms with E-state index in [0.717, 1.165) is 28.8 Å². The molecule has 0 amide bonds. The van der Waals surface area contributed by atoms with E-state index in [1.165, 1.54) is 55.6 Å². The molecule has 0 aliphatic carbocycles. The van der Waals surface area contributed by atoms with Crippen molar-refractivity contribution >= 4 is 44.0 Å². The van der Waals surface area contributed by atoms with Gasteiger partial charge in [-0.3, -0.25) is 4.79 Å². The minimum Gasteiger partial charge on any atom is -0.495 e. The summed E-state index contributed by atoms with van der Waals surface area (Å²) < 4.78 is 68.2. The molecule has 12 heteroatoms. The first-order valence-electron chi connectivity index (χ1n) is 10.6. The number of aromatic nitrogens is 2. The summed E-state index contributed by atoms with van der Waals surface area (Å²) in [7, 11) is -3.15. The third-order valence-electron chi connectivity index (χ3n) is 5.53. The van der Waals surface area contributed by atoms with Crippen molar-refractivity contribution in [2.24, 2.45) is 0 Å². The van der Waals surface area contributed by atoms with Crippen molar-refractivity contribution in [1.82, 2.24) is 10.1 Å². The van der Waals surface area contributed by atoms with Gasteiger partial charge in [0.25, 0.3) is 10.0 Å². The summed E-state index contributed by atoms with van der Waals surface area (Å²) in [6.07, 6.45) is 1.16. The highest BCUT2D eigenvalue weighted by atomic mass is 35.5. The van der Waals surface area contributed by atoms with Crippen LogP contribution in [0.25, 0.3) is 22.0 Å². The monoisotopic (exact) mass is 543 g/mol. The molecule has 2 heterocycles. The predicted molar refractivity (Wildman–Crippen MR) is 134 cm³/mol. The molecule has 188 valence electrons. The molecule has 0 saturated carbocycles. The van der Waals surface area contributed by atoms with Gasteiger partial charge in [0.05, 0.1) is 12.0 Å². The molecule has 0 unspecified atom stereocenters. The summed E-state index contributed by atoms with van der Waals surface area (Å²) >= 11 is 5.93. The van der Waals surface area contributed by atoms with E-state index in [1.807, 2.05) is 0 Å². The van der Waals surface area contributed by atoms with Crippen LogP contribution in [0, 0.1) is 11.6 Å². The number of rotatable bonds is 6. The highest BCUT2D eigenvalue weighted by Crippen LogP contribution is 2.42. The van der Waals surface area contributed by atoms with Crippen LogP contribution >= 0.6 is 11.6 Å². The molecule has 0 aliphatic heterocycles. The van der Waals surface area contributed by atoms with Crippen molar-refractivity contribution in [1.29, 1.82) is 0 Å². The number of aromatic amines is 1. The molecule has 0 aliphatic rings. The van der Waals surface area contributed by atoms with Crippen LogP contribution in [0.5, 0.6) is 5.75 Å². The number of nitrogens with zero attached hydrogens (tertiary/aromatic N) is 2. The minimum absolute atomic E-state index is 0.0477. The fraction of sp³-hybridized carbons (Fsp3) is 0.0400. The summed E-state index contributed by atoms with van der Waals surface area (Å²) in [6, 6.07) is 13.9. The summed E-state index contributed by atoms with van der Waals surface area (Å²) in [5.74, 6) is -1.75. The topological polar surface area (TPSA) is 106 Å². The number of benzene rings is 3. The van der Waals surface area contributed by atoms with Crippen molar-refractivity contribution in [3.63, 3.8) is 0 Å². The smallest absolute Gasteiger partial charge is 0.270 e. The highest BCUT2D eigenvalue weighted by molar-refractivity contribution is 7.93. The molecule has 2 aromatic heterocycles. The van der Waals surface area contributed by atoms with Gasteiger partial charge in [-0.1, -0.05) is 16.8 Å². The number of fused-ring (bicyclic) bond motifs is 1. The van der Waals surface area contributed by atoms with E-state index in [2.05, 4.69) is 10.1 Å². The van der Waals surface area contributed by atoms with Crippen LogP contribution in [0.2, 0.25) is 5.02 Å². The average molecular weight is 544 g/mol. The maximum atomic E-state index is 15.4. The maximum Gasteiger partial charge on any atom is 0.270 e. The SMILES string of the molecule is COc1cc(-c2cc(F)cc(Cl)c2)c(F)cc1N(c1ccon1)S(=O)(=O)c1ccc2[nH]c(=O)ccc2c1. The molecular weight excluding hydrogens is 528 g/mol. The van der Waals surface area contributed by atoms with Crippen molar-refractivity contribution in [3.05, 3.63) is 100 Å². The third-order valence-corrected chi connectivity index (χ3v) is 7.46. The quantitative estimate of drug-likeness (QED) is 0.297. The number of pyridine rings is 1. The van der Waals surface area contributed by atoms with Gasteiger partial charge in [0.1, 0.15) is 29.3 Å². The number of methoxy groups -OCH3 is 1. The van der Waals surface area contributed by atoms with Crippen LogP contribution in [0.1, 0.15) is 0 Å². The van der Waals surface area contributed by atoms with Gasteiger partial charge in [0.2, 0.25) is 5.56 Å². The molecule has 0 bridgehead atoms. The lowest BCUT2D eigenvalue weighted by molar-refractivity contribution is 0.413. The van der Waals surface area contributed by atoms with Crippen LogP contribution in [0.4, 0.5) is 20.3 Å². The normalized spacial score (nSPS) is 11.6. The number of halogens is 3. The van der Waals surface area contributed by atoms with Crippen LogP contribution < -0.4 is 14.6 Å². The highest BCUT2D eigenvalue weighted by Gasteiger charge is 2.32. The maximum absolute atomic E-state index is 15.4. The van der Waals surface area contributed by atoms with Gasteiger partial charge in [0.15, 0.2) is 5.82 Å². The van der Waals surface area contributed by atoms with E-state index in [4.69, 9.17) is 20.9 Å². The van der Waals surface area contributed by atoms with E-state index < -0.39 is 21.7 Å². The Hall–Kier alpha value is -4.22. The lowest BCUT2D eigenvalue weighted by Crippen LogP contribution is -2.27. The zero-order chi connectivity index (χ0) is 26.3. The molecular formula is C25H16ClF2N3O5S. The first kappa shape index (κ1) is 24.5. The summed E-state index contributed by atoms with van der Waals surface area (Å²) in [6.45, 7) is 0. The van der Waals surface area contributed by atoms with Gasteiger partial charge in [-0.15, -0.1) is 0 Å². The Bertz CT molecular complexity index is 1790. The van der Waals surface area contributed by atoms with Gasteiger partial charge >= 0.3 is 0 Å². The number of hydrogen-bond acceptors (Lipinski definition) is 6. The molecule has 37 heavy (non-hydrogen) atoms. The number of nitrogens with one attached hydrogen (secondary N) is 1. The molecule has 5 aromatic rings. The zero-order valence-corrected chi connectivity index (χ0v) is 20.5.